The van der Waals surface area contributed by atoms with E-state index in [-0.39, 0.29) is 0 Å². The second-order valence-corrected chi connectivity index (χ2v) is 3.91. The molecule has 0 saturated heterocycles. The largest absolute Gasteiger partial charge is 0.339 e. The molecule has 0 aliphatic rings. The van der Waals surface area contributed by atoms with Crippen molar-refractivity contribution in [2.75, 3.05) is 0 Å². The van der Waals surface area contributed by atoms with Gasteiger partial charge in [0.25, 0.3) is 0 Å². The van der Waals surface area contributed by atoms with Crippen molar-refractivity contribution in [3.63, 3.8) is 0 Å². The number of rotatable bonds is 2. The number of halogens is 2. The fourth-order valence-corrected chi connectivity index (χ4v) is 1.65. The number of hydrogen-bond acceptors (Lipinski definition) is 3. The van der Waals surface area contributed by atoms with Gasteiger partial charge in [-0.1, -0.05) is 40.5 Å². The minimum absolute atomic E-state index is 0.500. The lowest BCUT2D eigenvalue weighted by molar-refractivity contribution is 0.381. The number of aromatic nitrogens is 2. The molecule has 78 valence electrons. The molecule has 1 aromatic carbocycles. The number of nitrogens with zero attached hydrogens (tertiary/aromatic N) is 2. The smallest absolute Gasteiger partial charge is 0.231 e. The van der Waals surface area contributed by atoms with E-state index in [9.17, 15) is 0 Å². The number of aryl methyl sites for hydroxylation is 1. The highest BCUT2D eigenvalue weighted by Gasteiger charge is 2.09. The van der Waals surface area contributed by atoms with Crippen LogP contribution in [0.4, 0.5) is 0 Å². The highest BCUT2D eigenvalue weighted by atomic mass is 35.5. The molecule has 0 spiro atoms. The molecule has 5 heteroatoms. The predicted octanol–water partition coefficient (Wildman–Crippen LogP) is 3.28. The lowest BCUT2D eigenvalue weighted by Gasteiger charge is -2.01. The maximum absolute atomic E-state index is 6.03. The zero-order valence-electron chi connectivity index (χ0n) is 8.00. The van der Waals surface area contributed by atoms with E-state index in [0.717, 1.165) is 5.56 Å². The molecule has 0 N–H and O–H groups in total. The number of hydrogen-bond donors (Lipinski definition) is 0. The molecule has 15 heavy (non-hydrogen) atoms. The minimum Gasteiger partial charge on any atom is -0.339 e. The standard InChI is InChI=1S/C10H8Cl2N2O/c1-6-13-9(15-14-6)5-7-3-2-4-8(11)10(7)12/h2-4H,5H2,1H3. The van der Waals surface area contributed by atoms with E-state index in [1.54, 1.807) is 13.0 Å². The van der Waals surface area contributed by atoms with Crippen LogP contribution in [0, 0.1) is 6.92 Å². The predicted molar refractivity (Wildman–Crippen MR) is 58.3 cm³/mol. The van der Waals surface area contributed by atoms with Crippen molar-refractivity contribution in [3.05, 3.63) is 45.5 Å². The molecule has 2 rings (SSSR count). The van der Waals surface area contributed by atoms with Crippen LogP contribution in [-0.4, -0.2) is 10.1 Å². The van der Waals surface area contributed by atoms with E-state index < -0.39 is 0 Å². The topological polar surface area (TPSA) is 38.9 Å². The van der Waals surface area contributed by atoms with Crippen LogP contribution in [0.15, 0.2) is 22.7 Å². The van der Waals surface area contributed by atoms with Crippen molar-refractivity contribution in [1.82, 2.24) is 10.1 Å². The van der Waals surface area contributed by atoms with Gasteiger partial charge in [-0.05, 0) is 18.6 Å². The van der Waals surface area contributed by atoms with E-state index in [4.69, 9.17) is 27.7 Å². The average Bonchev–Trinajstić information content (AvgIpc) is 2.59. The molecule has 0 unspecified atom stereocenters. The summed E-state index contributed by atoms with van der Waals surface area (Å²) in [6.45, 7) is 1.77. The lowest BCUT2D eigenvalue weighted by Crippen LogP contribution is -1.90. The summed E-state index contributed by atoms with van der Waals surface area (Å²) in [5.41, 5.74) is 0.882. The first-order valence-electron chi connectivity index (χ1n) is 4.39. The summed E-state index contributed by atoms with van der Waals surface area (Å²) < 4.78 is 5.00. The molecule has 0 aliphatic heterocycles. The van der Waals surface area contributed by atoms with Crippen molar-refractivity contribution in [2.24, 2.45) is 0 Å². The van der Waals surface area contributed by atoms with Gasteiger partial charge in [0.15, 0.2) is 5.82 Å². The van der Waals surface area contributed by atoms with E-state index in [0.29, 0.717) is 28.2 Å². The molecule has 0 bridgehead atoms. The Balaban J connectivity index is 2.28. The molecule has 0 saturated carbocycles. The SMILES string of the molecule is Cc1noc(Cc2cccc(Cl)c2Cl)n1. The van der Waals surface area contributed by atoms with Gasteiger partial charge in [0, 0.05) is 0 Å². The molecule has 0 aliphatic carbocycles. The Hall–Kier alpha value is -1.06. The summed E-state index contributed by atoms with van der Waals surface area (Å²) in [5, 5.41) is 4.77. The van der Waals surface area contributed by atoms with Crippen LogP contribution in [0.2, 0.25) is 10.0 Å². The van der Waals surface area contributed by atoms with Crippen molar-refractivity contribution < 1.29 is 4.52 Å². The second-order valence-electron chi connectivity index (χ2n) is 3.13. The van der Waals surface area contributed by atoms with E-state index in [1.165, 1.54) is 0 Å². The Morgan fingerprint density at radius 3 is 2.80 bits per heavy atom. The van der Waals surface area contributed by atoms with E-state index in [2.05, 4.69) is 10.1 Å². The van der Waals surface area contributed by atoms with Gasteiger partial charge < -0.3 is 4.52 Å². The third kappa shape index (κ3) is 2.30. The normalized spacial score (nSPS) is 10.6. The fraction of sp³-hybridized carbons (Fsp3) is 0.200. The van der Waals surface area contributed by atoms with Gasteiger partial charge in [-0.15, -0.1) is 0 Å². The van der Waals surface area contributed by atoms with Crippen LogP contribution in [0.3, 0.4) is 0 Å². The Labute approximate surface area is 97.0 Å². The van der Waals surface area contributed by atoms with Crippen molar-refractivity contribution >= 4 is 23.2 Å². The van der Waals surface area contributed by atoms with Crippen LogP contribution in [0.25, 0.3) is 0 Å². The van der Waals surface area contributed by atoms with Gasteiger partial charge in [-0.25, -0.2) is 0 Å². The van der Waals surface area contributed by atoms with E-state index in [1.807, 2.05) is 12.1 Å². The van der Waals surface area contributed by atoms with E-state index >= 15 is 0 Å². The summed E-state index contributed by atoms with van der Waals surface area (Å²) in [5.74, 6) is 1.15. The lowest BCUT2D eigenvalue weighted by atomic mass is 10.1. The van der Waals surface area contributed by atoms with Gasteiger partial charge in [0.05, 0.1) is 16.5 Å². The first kappa shape index (κ1) is 10.5. The maximum Gasteiger partial charge on any atom is 0.231 e. The molecule has 0 fully saturated rings. The van der Waals surface area contributed by atoms with Gasteiger partial charge in [0.2, 0.25) is 5.89 Å². The van der Waals surface area contributed by atoms with Crippen molar-refractivity contribution in [2.45, 2.75) is 13.3 Å². The fourth-order valence-electron chi connectivity index (χ4n) is 1.26. The van der Waals surface area contributed by atoms with Crippen molar-refractivity contribution in [3.8, 4) is 0 Å². The maximum atomic E-state index is 6.03. The third-order valence-electron chi connectivity index (χ3n) is 1.94. The van der Waals surface area contributed by atoms with Crippen LogP contribution in [-0.2, 0) is 6.42 Å². The molecular weight excluding hydrogens is 235 g/mol. The molecule has 0 atom stereocenters. The molecule has 1 aromatic heterocycles. The molecule has 3 nitrogen and oxygen atoms in total. The van der Waals surface area contributed by atoms with Crippen LogP contribution >= 0.6 is 23.2 Å². The first-order chi connectivity index (χ1) is 7.16. The highest BCUT2D eigenvalue weighted by Crippen LogP contribution is 2.26. The highest BCUT2D eigenvalue weighted by molar-refractivity contribution is 6.42. The quantitative estimate of drug-likeness (QED) is 0.812. The Bertz CT molecular complexity index is 482. The molecule has 1 heterocycles. The van der Waals surface area contributed by atoms with Crippen LogP contribution in [0.1, 0.15) is 17.3 Å². The zero-order valence-corrected chi connectivity index (χ0v) is 9.51. The van der Waals surface area contributed by atoms with Gasteiger partial charge in [-0.2, -0.15) is 4.98 Å². The molecule has 2 aromatic rings. The number of benzene rings is 1. The summed E-state index contributed by atoms with van der Waals surface area (Å²) in [4.78, 5) is 4.10. The molecule has 0 amide bonds. The van der Waals surface area contributed by atoms with Gasteiger partial charge in [-0.3, -0.25) is 0 Å². The zero-order chi connectivity index (χ0) is 10.8. The molecular formula is C10H8Cl2N2O. The summed E-state index contributed by atoms with van der Waals surface area (Å²) in [7, 11) is 0. The van der Waals surface area contributed by atoms with Gasteiger partial charge in [0.1, 0.15) is 0 Å². The van der Waals surface area contributed by atoms with Crippen LogP contribution in [0.5, 0.6) is 0 Å². The Morgan fingerprint density at radius 1 is 1.33 bits per heavy atom. The average molecular weight is 243 g/mol. The summed E-state index contributed by atoms with van der Waals surface area (Å²) >= 11 is 11.9. The van der Waals surface area contributed by atoms with Gasteiger partial charge >= 0.3 is 0 Å². The first-order valence-corrected chi connectivity index (χ1v) is 5.14. The summed E-state index contributed by atoms with van der Waals surface area (Å²) in [6.07, 6.45) is 0.500. The molecule has 0 radical (unpaired) electrons. The Kier molecular flexibility index (Phi) is 2.93. The third-order valence-corrected chi connectivity index (χ3v) is 2.80. The Morgan fingerprint density at radius 2 is 2.13 bits per heavy atom. The van der Waals surface area contributed by atoms with Crippen molar-refractivity contribution in [1.29, 1.82) is 0 Å². The minimum atomic E-state index is 0.500. The van der Waals surface area contributed by atoms with Crippen LogP contribution < -0.4 is 0 Å². The summed E-state index contributed by atoms with van der Waals surface area (Å²) in [6, 6.07) is 5.47. The monoisotopic (exact) mass is 242 g/mol. The second kappa shape index (κ2) is 4.21.